The molecule has 0 saturated carbocycles. The van der Waals surface area contributed by atoms with E-state index < -0.39 is 74.0 Å². The molecule has 15 nitrogen and oxygen atoms in total. The second kappa shape index (κ2) is 16.9. The van der Waals surface area contributed by atoms with Crippen LogP contribution in [0.1, 0.15) is 0 Å². The number of rotatable bonds is 10. The summed E-state index contributed by atoms with van der Waals surface area (Å²) in [7, 11) is 0. The van der Waals surface area contributed by atoms with Gasteiger partial charge < -0.3 is 66.8 Å². The Labute approximate surface area is 168 Å². The molecule has 0 aromatic rings. The van der Waals surface area contributed by atoms with Gasteiger partial charge in [-0.25, -0.2) is 9.59 Å². The van der Waals surface area contributed by atoms with E-state index in [0.29, 0.717) is 0 Å². The largest absolute Gasteiger partial charge is 0.479 e. The molecule has 0 amide bonds. The van der Waals surface area contributed by atoms with Crippen molar-refractivity contribution in [3.05, 3.63) is 0 Å². The van der Waals surface area contributed by atoms with Gasteiger partial charge >= 0.3 is 11.9 Å². The minimum absolute atomic E-state index is 0. The molecule has 0 aliphatic carbocycles. The Morgan fingerprint density at radius 2 is 0.786 bits per heavy atom. The maximum atomic E-state index is 10.1. The molecule has 0 saturated heterocycles. The molecule has 8 unspecified atom stereocenters. The number of aliphatic hydroxyl groups is 10. The smallest absolute Gasteiger partial charge is 0.335 e. The fourth-order valence-electron chi connectivity index (χ4n) is 1.34. The van der Waals surface area contributed by atoms with Gasteiger partial charge in [0, 0.05) is 17.1 Å². The minimum Gasteiger partial charge on any atom is -0.479 e. The molecule has 0 aliphatic heterocycles. The van der Waals surface area contributed by atoms with Crippen LogP contribution in [0, 0.1) is 0 Å². The molecule has 16 heteroatoms. The first-order valence-electron chi connectivity index (χ1n) is 6.95. The van der Waals surface area contributed by atoms with Crippen LogP contribution in [0.3, 0.4) is 0 Å². The van der Waals surface area contributed by atoms with Crippen LogP contribution >= 0.6 is 0 Å². The van der Waals surface area contributed by atoms with Crippen molar-refractivity contribution in [3.63, 3.8) is 0 Å². The summed E-state index contributed by atoms with van der Waals surface area (Å²) in [5, 5.41) is 104. The van der Waals surface area contributed by atoms with E-state index in [0.717, 1.165) is 0 Å². The van der Waals surface area contributed by atoms with Gasteiger partial charge in [0.2, 0.25) is 0 Å². The van der Waals surface area contributed by atoms with Gasteiger partial charge in [-0.2, -0.15) is 0 Å². The first kappa shape index (κ1) is 34.5. The molecule has 0 aromatic carbocycles. The van der Waals surface area contributed by atoms with E-state index in [1.54, 1.807) is 0 Å². The van der Waals surface area contributed by atoms with Crippen molar-refractivity contribution in [1.29, 1.82) is 0 Å². The van der Waals surface area contributed by atoms with Crippen LogP contribution in [0.5, 0.6) is 0 Å². The number of carboxylic acid groups (broad SMARTS) is 2. The number of hydrogen-bond acceptors (Lipinski definition) is 12. The molecular formula is C12H26FeO15. The van der Waals surface area contributed by atoms with Gasteiger partial charge in [0.05, 0.1) is 13.2 Å². The third-order valence-electron chi connectivity index (χ3n) is 3.02. The van der Waals surface area contributed by atoms with Crippen LogP contribution < -0.4 is 0 Å². The summed E-state index contributed by atoms with van der Waals surface area (Å²) in [6.07, 6.45) is -15.7. The second-order valence-corrected chi connectivity index (χ2v) is 5.03. The molecule has 0 aromatic heterocycles. The van der Waals surface area contributed by atoms with E-state index in [1.165, 1.54) is 0 Å². The van der Waals surface area contributed by atoms with Gasteiger partial charge in [-0.3, -0.25) is 0 Å². The summed E-state index contributed by atoms with van der Waals surface area (Å²) >= 11 is 0. The zero-order valence-electron chi connectivity index (χ0n) is 14.1. The molecule has 0 radical (unpaired) electrons. The summed E-state index contributed by atoms with van der Waals surface area (Å²) in [5.41, 5.74) is 0. The van der Waals surface area contributed by atoms with Crippen LogP contribution in [0.2, 0.25) is 0 Å². The summed E-state index contributed by atoms with van der Waals surface area (Å²) < 4.78 is 0. The average molecular weight is 466 g/mol. The molecule has 0 heterocycles. The summed E-state index contributed by atoms with van der Waals surface area (Å²) in [4.78, 5) is 20.2. The number of aliphatic carboxylic acids is 2. The summed E-state index contributed by atoms with van der Waals surface area (Å²) in [5.74, 6) is -3.45. The Morgan fingerprint density at radius 1 is 0.571 bits per heavy atom. The normalized spacial score (nSPS) is 18.9. The number of carbonyl (C=O) groups is 2. The predicted molar refractivity (Wildman–Crippen MR) is 81.1 cm³/mol. The van der Waals surface area contributed by atoms with Crippen molar-refractivity contribution in [2.45, 2.75) is 48.8 Å². The first-order chi connectivity index (χ1) is 11.8. The van der Waals surface area contributed by atoms with Gasteiger partial charge in [0.15, 0.2) is 12.2 Å². The Kier molecular flexibility index (Phi) is 20.9. The molecule has 172 valence electrons. The van der Waals surface area contributed by atoms with E-state index in [-0.39, 0.29) is 22.5 Å². The molecule has 0 bridgehead atoms. The topological polar surface area (TPSA) is 308 Å². The van der Waals surface area contributed by atoms with Crippen LogP contribution in [0.15, 0.2) is 0 Å². The first-order valence-corrected chi connectivity index (χ1v) is 6.95. The van der Waals surface area contributed by atoms with Crippen molar-refractivity contribution in [3.8, 4) is 0 Å². The maximum absolute atomic E-state index is 10.1. The SMILES string of the molecule is O.O=C(O)C(O)C(O)C(O)C(O)CO.O=C(O)C(O)C(O)C(O)C(O)CO.[Fe]. The monoisotopic (exact) mass is 466 g/mol. The zero-order chi connectivity index (χ0) is 21.2. The summed E-state index contributed by atoms with van der Waals surface area (Å²) in [6.45, 7) is -1.69. The maximum Gasteiger partial charge on any atom is 0.335 e. The van der Waals surface area contributed by atoms with Crippen molar-refractivity contribution < 1.29 is 93.4 Å². The van der Waals surface area contributed by atoms with Gasteiger partial charge in [-0.05, 0) is 0 Å². The average Bonchev–Trinajstić information content (AvgIpc) is 2.62. The van der Waals surface area contributed by atoms with Gasteiger partial charge in [0.25, 0.3) is 0 Å². The Bertz CT molecular complexity index is 386. The van der Waals surface area contributed by atoms with Crippen molar-refractivity contribution in [2.75, 3.05) is 13.2 Å². The Morgan fingerprint density at radius 3 is 0.929 bits per heavy atom. The number of hydrogen-bond donors (Lipinski definition) is 12. The van der Waals surface area contributed by atoms with E-state index >= 15 is 0 Å². The fraction of sp³-hybridized carbons (Fsp3) is 0.833. The van der Waals surface area contributed by atoms with Crippen LogP contribution in [-0.2, 0) is 26.7 Å². The predicted octanol–water partition coefficient (Wildman–Crippen LogP) is -7.81. The van der Waals surface area contributed by atoms with Crippen LogP contribution in [-0.4, -0.2) is 141 Å². The molecule has 8 atom stereocenters. The van der Waals surface area contributed by atoms with Crippen LogP contribution in [0.4, 0.5) is 0 Å². The molecule has 0 fully saturated rings. The molecule has 0 spiro atoms. The minimum atomic E-state index is -2.20. The number of aliphatic hydroxyl groups excluding tert-OH is 10. The molecule has 14 N–H and O–H groups in total. The molecule has 0 rings (SSSR count). The van der Waals surface area contributed by atoms with E-state index in [2.05, 4.69) is 0 Å². The van der Waals surface area contributed by atoms with Gasteiger partial charge in [-0.1, -0.05) is 0 Å². The zero-order valence-corrected chi connectivity index (χ0v) is 15.2. The third kappa shape index (κ3) is 11.8. The third-order valence-corrected chi connectivity index (χ3v) is 3.02. The molecule has 0 aliphatic rings. The Balaban J connectivity index is -0.000000192. The second-order valence-electron chi connectivity index (χ2n) is 5.03. The van der Waals surface area contributed by atoms with Crippen LogP contribution in [0.25, 0.3) is 0 Å². The Hall–Kier alpha value is -0.981. The van der Waals surface area contributed by atoms with E-state index in [9.17, 15) is 9.59 Å². The standard InChI is InChI=1S/2C6H12O7.Fe.H2O/c2*7-1-2(8)3(9)4(10)5(11)6(12)13;;/h2*2-5,7-11H,1H2,(H,12,13);;1H2. The van der Waals surface area contributed by atoms with E-state index in [1.807, 2.05) is 0 Å². The quantitative estimate of drug-likeness (QED) is 0.133. The van der Waals surface area contributed by atoms with Crippen molar-refractivity contribution in [1.82, 2.24) is 0 Å². The molecular weight excluding hydrogens is 440 g/mol. The van der Waals surface area contributed by atoms with Crippen molar-refractivity contribution >= 4 is 11.9 Å². The van der Waals surface area contributed by atoms with Crippen molar-refractivity contribution in [2.24, 2.45) is 0 Å². The van der Waals surface area contributed by atoms with Gasteiger partial charge in [0.1, 0.15) is 36.6 Å². The fourth-order valence-corrected chi connectivity index (χ4v) is 1.34. The number of carboxylic acids is 2. The molecule has 28 heavy (non-hydrogen) atoms. The van der Waals surface area contributed by atoms with Gasteiger partial charge in [-0.15, -0.1) is 0 Å². The van der Waals surface area contributed by atoms with E-state index in [4.69, 9.17) is 61.3 Å². The summed E-state index contributed by atoms with van der Waals surface area (Å²) in [6, 6.07) is 0.